The van der Waals surface area contributed by atoms with Crippen LogP contribution < -0.4 is 16.2 Å². The van der Waals surface area contributed by atoms with Gasteiger partial charge in [0.1, 0.15) is 11.9 Å². The number of aromatic amines is 1. The summed E-state index contributed by atoms with van der Waals surface area (Å²) in [5.41, 5.74) is 3.42. The highest BCUT2D eigenvalue weighted by molar-refractivity contribution is 5.95. The first-order chi connectivity index (χ1) is 17.4. The van der Waals surface area contributed by atoms with Gasteiger partial charge in [0.05, 0.1) is 17.3 Å². The van der Waals surface area contributed by atoms with E-state index in [-0.39, 0.29) is 11.5 Å². The SMILES string of the molecule is CC(C(=O)N(C)C)n1cc(-c2cc3cc[nH]c(=O)c3c(Nc3ccc(C4CCNCC4)cc3)n2)cn1. The molecular formula is C27H31N7O2. The Hall–Kier alpha value is -3.98. The molecule has 0 radical (unpaired) electrons. The fourth-order valence-corrected chi connectivity index (χ4v) is 4.75. The van der Waals surface area contributed by atoms with Crippen molar-refractivity contribution in [2.24, 2.45) is 0 Å². The van der Waals surface area contributed by atoms with Crippen LogP contribution in [0.4, 0.5) is 11.5 Å². The van der Waals surface area contributed by atoms with E-state index in [1.54, 1.807) is 36.1 Å². The molecule has 36 heavy (non-hydrogen) atoms. The molecule has 1 unspecified atom stereocenters. The Kier molecular flexibility index (Phi) is 6.56. The lowest BCUT2D eigenvalue weighted by Gasteiger charge is -2.23. The van der Waals surface area contributed by atoms with Gasteiger partial charge in [0.15, 0.2) is 0 Å². The summed E-state index contributed by atoms with van der Waals surface area (Å²) in [5, 5.41) is 12.4. The van der Waals surface area contributed by atoms with Crippen LogP contribution >= 0.6 is 0 Å². The van der Waals surface area contributed by atoms with Crippen molar-refractivity contribution in [2.45, 2.75) is 31.7 Å². The van der Waals surface area contributed by atoms with Crippen molar-refractivity contribution in [1.29, 1.82) is 0 Å². The molecule has 9 heteroatoms. The van der Waals surface area contributed by atoms with Crippen molar-refractivity contribution < 1.29 is 4.79 Å². The van der Waals surface area contributed by atoms with Gasteiger partial charge in [-0.2, -0.15) is 5.10 Å². The Morgan fingerprint density at radius 1 is 1.17 bits per heavy atom. The van der Waals surface area contributed by atoms with Gasteiger partial charge in [-0.1, -0.05) is 12.1 Å². The third kappa shape index (κ3) is 4.74. The molecule has 0 aliphatic carbocycles. The second kappa shape index (κ2) is 9.94. The molecule has 1 amide bonds. The van der Waals surface area contributed by atoms with Crippen molar-refractivity contribution in [2.75, 3.05) is 32.5 Å². The molecule has 1 atom stereocenters. The molecule has 0 bridgehead atoms. The lowest BCUT2D eigenvalue weighted by atomic mass is 9.90. The summed E-state index contributed by atoms with van der Waals surface area (Å²) in [6.07, 6.45) is 7.42. The molecule has 0 spiro atoms. The number of aromatic nitrogens is 4. The molecule has 3 N–H and O–H groups in total. The minimum Gasteiger partial charge on any atom is -0.347 e. The van der Waals surface area contributed by atoms with Crippen molar-refractivity contribution in [3.8, 4) is 11.3 Å². The fourth-order valence-electron chi connectivity index (χ4n) is 4.75. The number of hydrogen-bond acceptors (Lipinski definition) is 6. The van der Waals surface area contributed by atoms with Gasteiger partial charge in [0.2, 0.25) is 5.91 Å². The number of H-pyrrole nitrogens is 1. The molecule has 186 valence electrons. The van der Waals surface area contributed by atoms with Crippen LogP contribution in [0.2, 0.25) is 0 Å². The summed E-state index contributed by atoms with van der Waals surface area (Å²) >= 11 is 0. The quantitative estimate of drug-likeness (QED) is 0.385. The van der Waals surface area contributed by atoms with Gasteiger partial charge in [0, 0.05) is 37.7 Å². The zero-order valence-corrected chi connectivity index (χ0v) is 20.8. The highest BCUT2D eigenvalue weighted by Gasteiger charge is 2.19. The van der Waals surface area contributed by atoms with Gasteiger partial charge in [-0.05, 0) is 74.0 Å². The number of carbonyl (C=O) groups is 1. The molecule has 3 aromatic heterocycles. The van der Waals surface area contributed by atoms with Crippen LogP contribution in [0.15, 0.2) is 59.8 Å². The van der Waals surface area contributed by atoms with Crippen LogP contribution in [0, 0.1) is 0 Å². The van der Waals surface area contributed by atoms with Gasteiger partial charge in [-0.3, -0.25) is 14.3 Å². The summed E-state index contributed by atoms with van der Waals surface area (Å²) in [5.74, 6) is 1.01. The van der Waals surface area contributed by atoms with E-state index < -0.39 is 6.04 Å². The molecule has 5 rings (SSSR count). The minimum absolute atomic E-state index is 0.0436. The predicted molar refractivity (Wildman–Crippen MR) is 142 cm³/mol. The number of likely N-dealkylation sites (N-methyl/N-ethyl adjacent to an activating group) is 1. The molecule has 1 aromatic carbocycles. The topological polar surface area (TPSA) is 108 Å². The number of amides is 1. The van der Waals surface area contributed by atoms with E-state index in [0.29, 0.717) is 22.8 Å². The van der Waals surface area contributed by atoms with E-state index in [0.717, 1.165) is 42.6 Å². The summed E-state index contributed by atoms with van der Waals surface area (Å²) in [4.78, 5) is 34.2. The average Bonchev–Trinajstić information content (AvgIpc) is 3.39. The number of rotatable bonds is 6. The number of carbonyl (C=O) groups excluding carboxylic acids is 1. The highest BCUT2D eigenvalue weighted by atomic mass is 16.2. The Labute approximate surface area is 209 Å². The molecule has 4 heterocycles. The Morgan fingerprint density at radius 3 is 2.64 bits per heavy atom. The van der Waals surface area contributed by atoms with Crippen LogP contribution in [0.3, 0.4) is 0 Å². The fraction of sp³-hybridized carbons (Fsp3) is 0.333. The smallest absolute Gasteiger partial charge is 0.259 e. The standard InChI is InChI=1S/C27H31N7O2/c1-17(27(36)33(2)3)34-16-21(15-30-34)23-14-20-10-13-29-26(35)24(20)25(32-23)31-22-6-4-18(5-7-22)19-8-11-28-12-9-19/h4-7,10,13-17,19,28H,8-9,11-12H2,1-3H3,(H,29,35)(H,31,32). The minimum atomic E-state index is -0.437. The van der Waals surface area contributed by atoms with Crippen molar-refractivity contribution in [3.63, 3.8) is 0 Å². The zero-order valence-electron chi connectivity index (χ0n) is 20.8. The van der Waals surface area contributed by atoms with E-state index >= 15 is 0 Å². The number of fused-ring (bicyclic) bond motifs is 1. The monoisotopic (exact) mass is 485 g/mol. The molecule has 1 fully saturated rings. The first-order valence-corrected chi connectivity index (χ1v) is 12.3. The lowest BCUT2D eigenvalue weighted by molar-refractivity contribution is -0.131. The van der Waals surface area contributed by atoms with Crippen LogP contribution in [0.5, 0.6) is 0 Å². The average molecular weight is 486 g/mol. The first kappa shape index (κ1) is 23.7. The van der Waals surface area contributed by atoms with E-state index in [1.165, 1.54) is 5.56 Å². The van der Waals surface area contributed by atoms with Crippen LogP contribution in [0.1, 0.15) is 37.3 Å². The number of hydrogen-bond donors (Lipinski definition) is 3. The molecule has 0 saturated carbocycles. The largest absolute Gasteiger partial charge is 0.347 e. The maximum absolute atomic E-state index is 12.7. The van der Waals surface area contributed by atoms with Crippen LogP contribution in [0.25, 0.3) is 22.0 Å². The van der Waals surface area contributed by atoms with Gasteiger partial charge < -0.3 is 20.5 Å². The number of pyridine rings is 2. The van der Waals surface area contributed by atoms with E-state index in [4.69, 9.17) is 4.98 Å². The van der Waals surface area contributed by atoms with Crippen LogP contribution in [-0.4, -0.2) is 57.7 Å². The summed E-state index contributed by atoms with van der Waals surface area (Å²) in [6, 6.07) is 11.7. The van der Waals surface area contributed by atoms with Crippen LogP contribution in [-0.2, 0) is 4.79 Å². The van der Waals surface area contributed by atoms with Gasteiger partial charge >= 0.3 is 0 Å². The Morgan fingerprint density at radius 2 is 1.92 bits per heavy atom. The molecule has 4 aromatic rings. The molecule has 1 saturated heterocycles. The Bertz CT molecular complexity index is 1430. The van der Waals surface area contributed by atoms with Crippen molar-refractivity contribution >= 4 is 28.2 Å². The number of benzene rings is 1. The zero-order chi connectivity index (χ0) is 25.2. The Balaban J connectivity index is 1.48. The first-order valence-electron chi connectivity index (χ1n) is 12.3. The third-order valence-corrected chi connectivity index (χ3v) is 6.83. The van der Waals surface area contributed by atoms with Crippen molar-refractivity contribution in [3.05, 3.63) is 70.9 Å². The normalized spacial score (nSPS) is 15.1. The molecular weight excluding hydrogens is 454 g/mol. The predicted octanol–water partition coefficient (Wildman–Crippen LogP) is 3.65. The second-order valence-corrected chi connectivity index (χ2v) is 9.52. The van der Waals surface area contributed by atoms with Gasteiger partial charge in [-0.25, -0.2) is 4.98 Å². The van der Waals surface area contributed by atoms with E-state index in [9.17, 15) is 9.59 Å². The van der Waals surface area contributed by atoms with Gasteiger partial charge in [0.25, 0.3) is 5.56 Å². The van der Waals surface area contributed by atoms with E-state index in [2.05, 4.69) is 32.8 Å². The number of anilines is 2. The van der Waals surface area contributed by atoms with Gasteiger partial charge in [-0.15, -0.1) is 0 Å². The number of nitrogens with one attached hydrogen (secondary N) is 3. The maximum atomic E-state index is 12.7. The molecule has 1 aliphatic rings. The third-order valence-electron chi connectivity index (χ3n) is 6.83. The number of nitrogens with zero attached hydrogens (tertiary/aromatic N) is 4. The molecule has 1 aliphatic heterocycles. The molecule has 9 nitrogen and oxygen atoms in total. The van der Waals surface area contributed by atoms with Crippen molar-refractivity contribution in [1.82, 2.24) is 30.0 Å². The number of piperidine rings is 1. The second-order valence-electron chi connectivity index (χ2n) is 9.52. The maximum Gasteiger partial charge on any atom is 0.259 e. The highest BCUT2D eigenvalue weighted by Crippen LogP contribution is 2.30. The van der Waals surface area contributed by atoms with E-state index in [1.807, 2.05) is 37.4 Å². The summed E-state index contributed by atoms with van der Waals surface area (Å²) in [6.45, 7) is 3.91. The lowest BCUT2D eigenvalue weighted by Crippen LogP contribution is -2.30. The summed E-state index contributed by atoms with van der Waals surface area (Å²) < 4.78 is 1.63. The summed E-state index contributed by atoms with van der Waals surface area (Å²) in [7, 11) is 3.45.